The van der Waals surface area contributed by atoms with Crippen molar-refractivity contribution in [1.29, 1.82) is 0 Å². The molecule has 3 atom stereocenters. The molecule has 0 aliphatic heterocycles. The molecular formula is C8H9ClO2. The molecule has 3 unspecified atom stereocenters. The van der Waals surface area contributed by atoms with E-state index in [2.05, 4.69) is 0 Å². The van der Waals surface area contributed by atoms with E-state index in [-0.39, 0.29) is 5.92 Å². The van der Waals surface area contributed by atoms with Crippen LogP contribution in [0.3, 0.4) is 0 Å². The fraction of sp³-hybridized carbons (Fsp3) is 0.625. The van der Waals surface area contributed by atoms with Gasteiger partial charge in [0.15, 0.2) is 0 Å². The van der Waals surface area contributed by atoms with Crippen molar-refractivity contribution in [2.24, 2.45) is 11.8 Å². The van der Waals surface area contributed by atoms with Gasteiger partial charge in [-0.25, -0.2) is 0 Å². The molecule has 2 rings (SSSR count). The van der Waals surface area contributed by atoms with Crippen LogP contribution in [-0.4, -0.2) is 16.0 Å². The Morgan fingerprint density at radius 3 is 2.73 bits per heavy atom. The number of aliphatic carboxylic acids is 1. The Kier molecular flexibility index (Phi) is 1.31. The maximum atomic E-state index is 10.7. The number of allylic oxidation sites excluding steroid dienone is 2. The Bertz CT molecular complexity index is 236. The van der Waals surface area contributed by atoms with E-state index in [1.165, 1.54) is 0 Å². The predicted octanol–water partition coefficient (Wildman–Crippen LogP) is 1.64. The van der Waals surface area contributed by atoms with Crippen molar-refractivity contribution in [3.63, 3.8) is 0 Å². The Labute approximate surface area is 69.9 Å². The molecule has 1 fully saturated rings. The molecule has 2 nitrogen and oxygen atoms in total. The number of alkyl halides is 1. The first kappa shape index (κ1) is 7.17. The lowest BCUT2D eigenvalue weighted by molar-refractivity contribution is -0.142. The van der Waals surface area contributed by atoms with Gasteiger partial charge in [-0.15, -0.1) is 11.6 Å². The van der Waals surface area contributed by atoms with Crippen LogP contribution in [0.1, 0.15) is 12.8 Å². The summed E-state index contributed by atoms with van der Waals surface area (Å²) < 4.78 is 0. The van der Waals surface area contributed by atoms with Gasteiger partial charge in [-0.05, 0) is 18.8 Å². The molecule has 0 amide bonds. The molecule has 0 spiro atoms. The smallest absolute Gasteiger partial charge is 0.308 e. The highest BCUT2D eigenvalue weighted by Gasteiger charge is 2.50. The van der Waals surface area contributed by atoms with E-state index in [1.54, 1.807) is 0 Å². The Morgan fingerprint density at radius 1 is 1.73 bits per heavy atom. The zero-order valence-corrected chi connectivity index (χ0v) is 6.71. The largest absolute Gasteiger partial charge is 0.481 e. The lowest BCUT2D eigenvalue weighted by Crippen LogP contribution is -2.30. The first-order valence-electron chi connectivity index (χ1n) is 3.73. The highest BCUT2D eigenvalue weighted by molar-refractivity contribution is 6.27. The summed E-state index contributed by atoms with van der Waals surface area (Å²) in [4.78, 5) is 10.1. The molecular weight excluding hydrogens is 164 g/mol. The van der Waals surface area contributed by atoms with Crippen molar-refractivity contribution >= 4 is 17.6 Å². The van der Waals surface area contributed by atoms with E-state index >= 15 is 0 Å². The number of halogens is 1. The van der Waals surface area contributed by atoms with Gasteiger partial charge in [-0.2, -0.15) is 0 Å². The lowest BCUT2D eigenvalue weighted by atomic mass is 9.93. The van der Waals surface area contributed by atoms with E-state index in [9.17, 15) is 4.79 Å². The van der Waals surface area contributed by atoms with Crippen molar-refractivity contribution in [3.8, 4) is 0 Å². The summed E-state index contributed by atoms with van der Waals surface area (Å²) in [6.45, 7) is 0. The average Bonchev–Trinajstić information content (AvgIpc) is 2.41. The highest BCUT2D eigenvalue weighted by Crippen LogP contribution is 2.50. The van der Waals surface area contributed by atoms with Crippen LogP contribution in [0.4, 0.5) is 0 Å². The molecule has 0 saturated heterocycles. The van der Waals surface area contributed by atoms with Crippen LogP contribution in [0, 0.1) is 11.8 Å². The predicted molar refractivity (Wildman–Crippen MR) is 41.6 cm³/mol. The quantitative estimate of drug-likeness (QED) is 0.482. The van der Waals surface area contributed by atoms with Crippen molar-refractivity contribution in [2.75, 3.05) is 0 Å². The SMILES string of the molecule is O=C(O)C1CC2C=CC1(Cl)C2. The number of fused-ring (bicyclic) bond motifs is 2. The summed E-state index contributed by atoms with van der Waals surface area (Å²) in [6.07, 6.45) is 5.41. The van der Waals surface area contributed by atoms with Crippen LogP contribution in [-0.2, 0) is 4.79 Å². The van der Waals surface area contributed by atoms with E-state index in [1.807, 2.05) is 12.2 Å². The Morgan fingerprint density at radius 2 is 2.45 bits per heavy atom. The van der Waals surface area contributed by atoms with E-state index in [0.717, 1.165) is 12.8 Å². The number of carboxylic acids is 1. The number of rotatable bonds is 1. The maximum absolute atomic E-state index is 10.7. The van der Waals surface area contributed by atoms with Crippen LogP contribution in [0.2, 0.25) is 0 Å². The van der Waals surface area contributed by atoms with Crippen LogP contribution in [0.15, 0.2) is 12.2 Å². The molecule has 0 aromatic rings. The van der Waals surface area contributed by atoms with Crippen molar-refractivity contribution in [1.82, 2.24) is 0 Å². The third-order valence-electron chi connectivity index (χ3n) is 2.64. The molecule has 0 aromatic heterocycles. The number of carboxylic acid groups (broad SMARTS) is 1. The third kappa shape index (κ3) is 0.890. The van der Waals surface area contributed by atoms with Crippen LogP contribution in [0.25, 0.3) is 0 Å². The fourth-order valence-electron chi connectivity index (χ4n) is 2.06. The van der Waals surface area contributed by atoms with Gasteiger partial charge in [0.25, 0.3) is 0 Å². The summed E-state index contributed by atoms with van der Waals surface area (Å²) in [7, 11) is 0. The third-order valence-corrected chi connectivity index (χ3v) is 3.18. The van der Waals surface area contributed by atoms with Gasteiger partial charge in [0.05, 0.1) is 10.8 Å². The van der Waals surface area contributed by atoms with Gasteiger partial charge in [-0.3, -0.25) is 4.79 Å². The summed E-state index contributed by atoms with van der Waals surface area (Å²) in [5.41, 5.74) is 0. The molecule has 2 bridgehead atoms. The number of hydrogen-bond donors (Lipinski definition) is 1. The molecule has 60 valence electrons. The molecule has 2 aliphatic rings. The summed E-state index contributed by atoms with van der Waals surface area (Å²) in [5.74, 6) is -0.709. The first-order valence-corrected chi connectivity index (χ1v) is 4.11. The maximum Gasteiger partial charge on any atom is 0.308 e. The van der Waals surface area contributed by atoms with E-state index < -0.39 is 10.8 Å². The summed E-state index contributed by atoms with van der Waals surface area (Å²) in [5, 5.41) is 8.78. The topological polar surface area (TPSA) is 37.3 Å². The molecule has 0 radical (unpaired) electrons. The molecule has 0 heterocycles. The second-order valence-corrected chi connectivity index (χ2v) is 4.08. The highest BCUT2D eigenvalue weighted by atomic mass is 35.5. The minimum absolute atomic E-state index is 0.362. The molecule has 1 saturated carbocycles. The number of hydrogen-bond acceptors (Lipinski definition) is 1. The van der Waals surface area contributed by atoms with Gasteiger partial charge < -0.3 is 5.11 Å². The van der Waals surface area contributed by atoms with Gasteiger partial charge in [0.1, 0.15) is 0 Å². The van der Waals surface area contributed by atoms with E-state index in [4.69, 9.17) is 16.7 Å². The zero-order chi connectivity index (χ0) is 8.06. The second-order valence-electron chi connectivity index (χ2n) is 3.38. The average molecular weight is 173 g/mol. The number of carbonyl (C=O) groups is 1. The van der Waals surface area contributed by atoms with Gasteiger partial charge >= 0.3 is 5.97 Å². The summed E-state index contributed by atoms with van der Waals surface area (Å²) in [6, 6.07) is 0. The molecule has 1 N–H and O–H groups in total. The first-order chi connectivity index (χ1) is 5.12. The van der Waals surface area contributed by atoms with Gasteiger partial charge in [0.2, 0.25) is 0 Å². The minimum Gasteiger partial charge on any atom is -0.481 e. The molecule has 0 aromatic carbocycles. The molecule has 2 aliphatic carbocycles. The molecule has 3 heteroatoms. The standard InChI is InChI=1S/C8H9ClO2/c9-8-2-1-5(4-8)3-6(8)7(10)11/h1-2,5-6H,3-4H2,(H,10,11). The van der Waals surface area contributed by atoms with Crippen LogP contribution < -0.4 is 0 Å². The van der Waals surface area contributed by atoms with Crippen molar-refractivity contribution < 1.29 is 9.90 Å². The monoisotopic (exact) mass is 172 g/mol. The summed E-state index contributed by atoms with van der Waals surface area (Å²) >= 11 is 6.09. The Hall–Kier alpha value is -0.500. The van der Waals surface area contributed by atoms with Crippen LogP contribution >= 0.6 is 11.6 Å². The van der Waals surface area contributed by atoms with Crippen LogP contribution in [0.5, 0.6) is 0 Å². The lowest BCUT2D eigenvalue weighted by Gasteiger charge is -2.21. The zero-order valence-electron chi connectivity index (χ0n) is 5.96. The molecule has 11 heavy (non-hydrogen) atoms. The Balaban J connectivity index is 2.29. The minimum atomic E-state index is -0.758. The fourth-order valence-corrected chi connectivity index (χ4v) is 2.51. The van der Waals surface area contributed by atoms with Crippen molar-refractivity contribution in [3.05, 3.63) is 12.2 Å². The normalized spacial score (nSPS) is 46.6. The van der Waals surface area contributed by atoms with Gasteiger partial charge in [0, 0.05) is 0 Å². The van der Waals surface area contributed by atoms with Crippen molar-refractivity contribution in [2.45, 2.75) is 17.7 Å². The second kappa shape index (κ2) is 2.01. The van der Waals surface area contributed by atoms with Gasteiger partial charge in [-0.1, -0.05) is 12.2 Å². The van der Waals surface area contributed by atoms with E-state index in [0.29, 0.717) is 5.92 Å².